The summed E-state index contributed by atoms with van der Waals surface area (Å²) < 4.78 is 29.1. The van der Waals surface area contributed by atoms with E-state index in [-0.39, 0.29) is 23.3 Å². The normalized spacial score (nSPS) is 12.2. The molecular formula is C32H40ClN3O4S. The number of nitrogens with zero attached hydrogens (tertiary/aromatic N) is 2. The van der Waals surface area contributed by atoms with E-state index in [1.165, 1.54) is 29.2 Å². The Kier molecular flexibility index (Phi) is 11.0. The first-order valence-corrected chi connectivity index (χ1v) is 15.6. The van der Waals surface area contributed by atoms with Crippen molar-refractivity contribution in [2.45, 2.75) is 65.4 Å². The second-order valence-electron chi connectivity index (χ2n) is 10.7. The standard InChI is InChI=1S/C32H40ClN3O4S/c1-7-30(32(38)34-19-22(2)3)35(20-26-11-9-8-10-24(26)5)31(37)21-36(28-15-12-23(4)25(6)18-28)41(39,40)29-16-13-27(33)14-17-29/h8-18,22,30H,7,19-21H2,1-6H3,(H,34,38)/t30-/m1/s1. The van der Waals surface area contributed by atoms with Crippen molar-refractivity contribution in [2.75, 3.05) is 17.4 Å². The molecule has 7 nitrogen and oxygen atoms in total. The van der Waals surface area contributed by atoms with Crippen LogP contribution in [0.25, 0.3) is 0 Å². The lowest BCUT2D eigenvalue weighted by Gasteiger charge is -2.33. The number of carbonyl (C=O) groups excluding carboxylic acids is 2. The maximum absolute atomic E-state index is 14.2. The molecule has 2 amide bonds. The first-order valence-electron chi connectivity index (χ1n) is 13.8. The Morgan fingerprint density at radius 3 is 2.15 bits per heavy atom. The Balaban J connectivity index is 2.08. The summed E-state index contributed by atoms with van der Waals surface area (Å²) in [5.74, 6) is -0.501. The molecule has 0 saturated carbocycles. The zero-order valence-electron chi connectivity index (χ0n) is 24.6. The van der Waals surface area contributed by atoms with Gasteiger partial charge >= 0.3 is 0 Å². The molecule has 0 spiro atoms. The number of benzene rings is 3. The van der Waals surface area contributed by atoms with E-state index in [1.807, 2.05) is 71.9 Å². The molecule has 1 N–H and O–H groups in total. The van der Waals surface area contributed by atoms with Crippen LogP contribution < -0.4 is 9.62 Å². The number of sulfonamides is 1. The summed E-state index contributed by atoms with van der Waals surface area (Å²) in [5.41, 5.74) is 4.11. The average molecular weight is 598 g/mol. The lowest BCUT2D eigenvalue weighted by Crippen LogP contribution is -2.52. The summed E-state index contributed by atoms with van der Waals surface area (Å²) >= 11 is 6.03. The SMILES string of the molecule is CC[C@H](C(=O)NCC(C)C)N(Cc1ccccc1C)C(=O)CN(c1ccc(C)c(C)c1)S(=O)(=O)c1ccc(Cl)cc1. The summed E-state index contributed by atoms with van der Waals surface area (Å²) in [4.78, 5) is 29.0. The number of anilines is 1. The van der Waals surface area contributed by atoms with Crippen molar-refractivity contribution in [1.82, 2.24) is 10.2 Å². The van der Waals surface area contributed by atoms with Crippen molar-refractivity contribution in [1.29, 1.82) is 0 Å². The van der Waals surface area contributed by atoms with Crippen LogP contribution in [0, 0.1) is 26.7 Å². The Bertz CT molecular complexity index is 1470. The van der Waals surface area contributed by atoms with Crippen molar-refractivity contribution in [3.8, 4) is 0 Å². The van der Waals surface area contributed by atoms with Crippen LogP contribution in [0.1, 0.15) is 49.4 Å². The minimum atomic E-state index is -4.16. The number of carbonyl (C=O) groups is 2. The highest BCUT2D eigenvalue weighted by molar-refractivity contribution is 7.92. The Morgan fingerprint density at radius 1 is 0.902 bits per heavy atom. The predicted molar refractivity (Wildman–Crippen MR) is 166 cm³/mol. The molecule has 0 aliphatic carbocycles. The highest BCUT2D eigenvalue weighted by Gasteiger charge is 2.34. The van der Waals surface area contributed by atoms with E-state index in [9.17, 15) is 18.0 Å². The number of hydrogen-bond donors (Lipinski definition) is 1. The second-order valence-corrected chi connectivity index (χ2v) is 13.0. The molecule has 0 aliphatic rings. The molecule has 9 heteroatoms. The highest BCUT2D eigenvalue weighted by Crippen LogP contribution is 2.27. The third kappa shape index (κ3) is 8.11. The molecule has 0 bridgehead atoms. The fourth-order valence-corrected chi connectivity index (χ4v) is 5.99. The van der Waals surface area contributed by atoms with Gasteiger partial charge in [0.05, 0.1) is 10.6 Å². The number of halogens is 1. The van der Waals surface area contributed by atoms with Crippen molar-refractivity contribution in [3.63, 3.8) is 0 Å². The first kappa shape index (κ1) is 32.2. The second kappa shape index (κ2) is 14.0. The molecule has 0 aromatic heterocycles. The highest BCUT2D eigenvalue weighted by atomic mass is 35.5. The van der Waals surface area contributed by atoms with Crippen LogP contribution in [-0.2, 0) is 26.2 Å². The van der Waals surface area contributed by atoms with Gasteiger partial charge in [0.15, 0.2) is 0 Å². The van der Waals surface area contributed by atoms with Gasteiger partial charge in [0, 0.05) is 18.1 Å². The van der Waals surface area contributed by atoms with Crippen LogP contribution in [0.3, 0.4) is 0 Å². The smallest absolute Gasteiger partial charge is 0.264 e. The van der Waals surface area contributed by atoms with Crippen molar-refractivity contribution in [3.05, 3.63) is 94.0 Å². The fourth-order valence-electron chi connectivity index (χ4n) is 4.46. The molecule has 41 heavy (non-hydrogen) atoms. The van der Waals surface area contributed by atoms with E-state index < -0.39 is 28.5 Å². The van der Waals surface area contributed by atoms with E-state index in [0.29, 0.717) is 23.7 Å². The van der Waals surface area contributed by atoms with Gasteiger partial charge in [0.1, 0.15) is 12.6 Å². The topological polar surface area (TPSA) is 86.8 Å². The van der Waals surface area contributed by atoms with E-state index in [1.54, 1.807) is 12.1 Å². The van der Waals surface area contributed by atoms with Crippen LogP contribution in [0.15, 0.2) is 71.6 Å². The van der Waals surface area contributed by atoms with Gasteiger partial charge in [-0.3, -0.25) is 13.9 Å². The Hall–Kier alpha value is -3.36. The van der Waals surface area contributed by atoms with Gasteiger partial charge in [-0.05, 0) is 91.8 Å². The summed E-state index contributed by atoms with van der Waals surface area (Å²) in [7, 11) is -4.16. The largest absolute Gasteiger partial charge is 0.354 e. The minimum absolute atomic E-state index is 0.0140. The predicted octanol–water partition coefficient (Wildman–Crippen LogP) is 6.04. The summed E-state index contributed by atoms with van der Waals surface area (Å²) in [6, 6.07) is 18.0. The average Bonchev–Trinajstić information content (AvgIpc) is 2.93. The Morgan fingerprint density at radius 2 is 1.56 bits per heavy atom. The van der Waals surface area contributed by atoms with Crippen molar-refractivity contribution < 1.29 is 18.0 Å². The molecular weight excluding hydrogens is 558 g/mol. The lowest BCUT2D eigenvalue weighted by molar-refractivity contribution is -0.140. The van der Waals surface area contributed by atoms with Crippen LogP contribution >= 0.6 is 11.6 Å². The van der Waals surface area contributed by atoms with Crippen LogP contribution in [0.2, 0.25) is 5.02 Å². The molecule has 0 fully saturated rings. The molecule has 3 rings (SSSR count). The van der Waals surface area contributed by atoms with Gasteiger partial charge in [0.2, 0.25) is 11.8 Å². The van der Waals surface area contributed by atoms with E-state index in [0.717, 1.165) is 26.6 Å². The van der Waals surface area contributed by atoms with Gasteiger partial charge in [-0.2, -0.15) is 0 Å². The molecule has 3 aromatic carbocycles. The number of hydrogen-bond acceptors (Lipinski definition) is 4. The molecule has 0 saturated heterocycles. The van der Waals surface area contributed by atoms with E-state index in [2.05, 4.69) is 5.32 Å². The summed E-state index contributed by atoms with van der Waals surface area (Å²) in [6.07, 6.45) is 0.370. The molecule has 1 atom stereocenters. The molecule has 3 aromatic rings. The fraction of sp³-hybridized carbons (Fsp3) is 0.375. The van der Waals surface area contributed by atoms with E-state index >= 15 is 0 Å². The Labute approximate surface area is 249 Å². The zero-order chi connectivity index (χ0) is 30.3. The van der Waals surface area contributed by atoms with Crippen LogP contribution in [0.4, 0.5) is 5.69 Å². The van der Waals surface area contributed by atoms with Gasteiger partial charge in [-0.25, -0.2) is 8.42 Å². The third-order valence-corrected chi connectivity index (χ3v) is 9.17. The molecule has 0 heterocycles. The summed E-state index contributed by atoms with van der Waals surface area (Å²) in [6.45, 7) is 11.8. The quantitative estimate of drug-likeness (QED) is 0.276. The maximum atomic E-state index is 14.2. The van der Waals surface area contributed by atoms with Gasteiger partial charge in [-0.1, -0.05) is 62.7 Å². The van der Waals surface area contributed by atoms with E-state index in [4.69, 9.17) is 11.6 Å². The first-order chi connectivity index (χ1) is 19.3. The van der Waals surface area contributed by atoms with Crippen LogP contribution in [0.5, 0.6) is 0 Å². The zero-order valence-corrected chi connectivity index (χ0v) is 26.2. The summed E-state index contributed by atoms with van der Waals surface area (Å²) in [5, 5.41) is 3.35. The minimum Gasteiger partial charge on any atom is -0.354 e. The molecule has 0 aliphatic heterocycles. The third-order valence-electron chi connectivity index (χ3n) is 7.13. The van der Waals surface area contributed by atoms with Crippen molar-refractivity contribution in [2.24, 2.45) is 5.92 Å². The van der Waals surface area contributed by atoms with Gasteiger partial charge < -0.3 is 10.2 Å². The number of rotatable bonds is 12. The van der Waals surface area contributed by atoms with Gasteiger partial charge in [-0.15, -0.1) is 0 Å². The number of aryl methyl sites for hydroxylation is 3. The van der Waals surface area contributed by atoms with Crippen molar-refractivity contribution >= 4 is 39.1 Å². The lowest BCUT2D eigenvalue weighted by atomic mass is 10.1. The number of amides is 2. The van der Waals surface area contributed by atoms with Gasteiger partial charge in [0.25, 0.3) is 10.0 Å². The monoisotopic (exact) mass is 597 g/mol. The van der Waals surface area contributed by atoms with Crippen LogP contribution in [-0.4, -0.2) is 44.3 Å². The molecule has 0 unspecified atom stereocenters. The molecule has 0 radical (unpaired) electrons. The number of nitrogens with one attached hydrogen (secondary N) is 1. The maximum Gasteiger partial charge on any atom is 0.264 e. The molecule has 220 valence electrons.